The average Bonchev–Trinajstić information content (AvgIpc) is 2.77. The maximum absolute atomic E-state index is 12.1. The van der Waals surface area contributed by atoms with E-state index >= 15 is 0 Å². The Morgan fingerprint density at radius 2 is 1.56 bits per heavy atom. The maximum atomic E-state index is 12.1. The molecule has 10 heteroatoms. The van der Waals surface area contributed by atoms with E-state index in [4.69, 9.17) is 27.9 Å². The summed E-state index contributed by atoms with van der Waals surface area (Å²) in [6.45, 7) is 0. The van der Waals surface area contributed by atoms with Crippen molar-refractivity contribution in [2.24, 2.45) is 5.10 Å². The highest BCUT2D eigenvalue weighted by atomic mass is 79.9. The van der Waals surface area contributed by atoms with Gasteiger partial charge in [-0.25, -0.2) is 10.2 Å². The predicted octanol–water partition coefficient (Wildman–Crippen LogP) is 5.06. The summed E-state index contributed by atoms with van der Waals surface area (Å²) in [6, 6.07) is 17.6. The summed E-state index contributed by atoms with van der Waals surface area (Å²) in [4.78, 5) is 35.9. The van der Waals surface area contributed by atoms with Crippen LogP contribution in [0.15, 0.2) is 76.3 Å². The molecule has 0 atom stereocenters. The molecule has 0 aliphatic heterocycles. The minimum atomic E-state index is -0.965. The molecular weight excluding hydrogens is 521 g/mol. The fourth-order valence-electron chi connectivity index (χ4n) is 2.35. The summed E-state index contributed by atoms with van der Waals surface area (Å²) in [7, 11) is 0. The smallest absolute Gasteiger partial charge is 0.343 e. The lowest BCUT2D eigenvalue weighted by molar-refractivity contribution is -0.136. The second kappa shape index (κ2) is 10.9. The standard InChI is InChI=1S/C22H14BrCl2N3O4/c23-15-5-3-14(4-6-15)22(31)32-17-8-1-13(2-9-17)12-26-28-21(30)20(29)27-16-7-10-18(24)19(25)11-16/h1-12H,(H,27,29)(H,28,30)/b26-12+. The second-order valence-corrected chi connectivity index (χ2v) is 7.98. The minimum Gasteiger partial charge on any atom is -0.423 e. The highest BCUT2D eigenvalue weighted by molar-refractivity contribution is 9.10. The Morgan fingerprint density at radius 3 is 2.22 bits per heavy atom. The Labute approximate surface area is 201 Å². The van der Waals surface area contributed by atoms with Crippen LogP contribution >= 0.6 is 39.1 Å². The van der Waals surface area contributed by atoms with Gasteiger partial charge in [0.1, 0.15) is 5.75 Å². The third kappa shape index (κ3) is 6.65. The molecular formula is C22H14BrCl2N3O4. The monoisotopic (exact) mass is 533 g/mol. The van der Waals surface area contributed by atoms with Crippen molar-refractivity contribution in [3.63, 3.8) is 0 Å². The summed E-state index contributed by atoms with van der Waals surface area (Å²) >= 11 is 15.0. The molecule has 0 aromatic heterocycles. The molecule has 0 fully saturated rings. The average molecular weight is 535 g/mol. The lowest BCUT2D eigenvalue weighted by atomic mass is 10.2. The second-order valence-electron chi connectivity index (χ2n) is 6.25. The van der Waals surface area contributed by atoms with Crippen LogP contribution in [0, 0.1) is 0 Å². The van der Waals surface area contributed by atoms with Gasteiger partial charge in [-0.2, -0.15) is 5.10 Å². The van der Waals surface area contributed by atoms with Gasteiger partial charge in [-0.05, 0) is 72.3 Å². The summed E-state index contributed by atoms with van der Waals surface area (Å²) in [5.41, 5.74) is 3.46. The van der Waals surface area contributed by atoms with Crippen LogP contribution in [-0.2, 0) is 9.59 Å². The molecule has 7 nitrogen and oxygen atoms in total. The van der Waals surface area contributed by atoms with Gasteiger partial charge in [0, 0.05) is 10.2 Å². The Hall–Kier alpha value is -3.20. The molecule has 0 saturated heterocycles. The van der Waals surface area contributed by atoms with E-state index in [2.05, 4.69) is 31.8 Å². The van der Waals surface area contributed by atoms with Crippen LogP contribution in [0.1, 0.15) is 15.9 Å². The molecule has 2 amide bonds. The summed E-state index contributed by atoms with van der Waals surface area (Å²) < 4.78 is 6.16. The van der Waals surface area contributed by atoms with Gasteiger partial charge in [-0.3, -0.25) is 9.59 Å². The van der Waals surface area contributed by atoms with E-state index in [9.17, 15) is 14.4 Å². The summed E-state index contributed by atoms with van der Waals surface area (Å²) in [5.74, 6) is -2.03. The largest absolute Gasteiger partial charge is 0.423 e. The SMILES string of the molecule is O=C(N/N=C/c1ccc(OC(=O)c2ccc(Br)cc2)cc1)C(=O)Nc1ccc(Cl)c(Cl)c1. The number of hydrogen-bond donors (Lipinski definition) is 2. The zero-order valence-corrected chi connectivity index (χ0v) is 19.2. The van der Waals surface area contributed by atoms with Gasteiger partial charge in [0.25, 0.3) is 0 Å². The number of carbonyl (C=O) groups excluding carboxylic acids is 3. The quantitative estimate of drug-likeness (QED) is 0.157. The Morgan fingerprint density at radius 1 is 0.875 bits per heavy atom. The molecule has 3 rings (SSSR count). The number of esters is 1. The minimum absolute atomic E-state index is 0.244. The normalized spacial score (nSPS) is 10.6. The first kappa shape index (κ1) is 23.5. The first-order valence-electron chi connectivity index (χ1n) is 8.99. The van der Waals surface area contributed by atoms with Crippen LogP contribution in [0.4, 0.5) is 5.69 Å². The number of ether oxygens (including phenoxy) is 1. The number of halogens is 3. The van der Waals surface area contributed by atoms with Crippen LogP contribution < -0.4 is 15.5 Å². The van der Waals surface area contributed by atoms with Crippen molar-refractivity contribution in [3.8, 4) is 5.75 Å². The van der Waals surface area contributed by atoms with Crippen molar-refractivity contribution in [1.29, 1.82) is 0 Å². The van der Waals surface area contributed by atoms with Crippen molar-refractivity contribution in [2.75, 3.05) is 5.32 Å². The van der Waals surface area contributed by atoms with Crippen LogP contribution in [0.2, 0.25) is 10.0 Å². The number of carbonyl (C=O) groups is 3. The molecule has 0 heterocycles. The zero-order chi connectivity index (χ0) is 23.1. The number of hydrazone groups is 1. The highest BCUT2D eigenvalue weighted by Gasteiger charge is 2.13. The van der Waals surface area contributed by atoms with Crippen molar-refractivity contribution >= 4 is 68.8 Å². The van der Waals surface area contributed by atoms with Gasteiger partial charge in [0.2, 0.25) is 0 Å². The zero-order valence-electron chi connectivity index (χ0n) is 16.1. The van der Waals surface area contributed by atoms with Crippen molar-refractivity contribution < 1.29 is 19.1 Å². The van der Waals surface area contributed by atoms with Gasteiger partial charge >= 0.3 is 17.8 Å². The van der Waals surface area contributed by atoms with Gasteiger partial charge in [0.15, 0.2) is 0 Å². The Kier molecular flexibility index (Phi) is 7.99. The molecule has 0 aliphatic carbocycles. The Balaban J connectivity index is 1.51. The first-order valence-corrected chi connectivity index (χ1v) is 10.5. The summed E-state index contributed by atoms with van der Waals surface area (Å²) in [6.07, 6.45) is 1.34. The number of benzene rings is 3. The fraction of sp³-hybridized carbons (Fsp3) is 0. The van der Waals surface area contributed by atoms with Gasteiger partial charge in [-0.15, -0.1) is 0 Å². The van der Waals surface area contributed by atoms with Gasteiger partial charge < -0.3 is 10.1 Å². The number of nitrogens with one attached hydrogen (secondary N) is 2. The molecule has 0 unspecified atom stereocenters. The van der Waals surface area contributed by atoms with E-state index in [1.54, 1.807) is 48.5 Å². The molecule has 162 valence electrons. The first-order chi connectivity index (χ1) is 15.3. The number of hydrogen-bond acceptors (Lipinski definition) is 5. The number of nitrogens with zero attached hydrogens (tertiary/aromatic N) is 1. The highest BCUT2D eigenvalue weighted by Crippen LogP contribution is 2.24. The lowest BCUT2D eigenvalue weighted by Gasteiger charge is -2.05. The van der Waals surface area contributed by atoms with Crippen LogP contribution in [-0.4, -0.2) is 24.0 Å². The third-order valence-electron chi connectivity index (χ3n) is 3.93. The maximum Gasteiger partial charge on any atom is 0.343 e. The molecule has 32 heavy (non-hydrogen) atoms. The molecule has 0 saturated carbocycles. The van der Waals surface area contributed by atoms with Crippen molar-refractivity contribution in [2.45, 2.75) is 0 Å². The molecule has 0 bridgehead atoms. The lowest BCUT2D eigenvalue weighted by Crippen LogP contribution is -2.32. The predicted molar refractivity (Wildman–Crippen MR) is 126 cm³/mol. The van der Waals surface area contributed by atoms with Crippen molar-refractivity contribution in [1.82, 2.24) is 5.43 Å². The Bertz CT molecular complexity index is 1180. The fourth-order valence-corrected chi connectivity index (χ4v) is 2.91. The van der Waals surface area contributed by atoms with E-state index < -0.39 is 17.8 Å². The summed E-state index contributed by atoms with van der Waals surface area (Å²) in [5, 5.41) is 6.69. The van der Waals surface area contributed by atoms with E-state index in [1.165, 1.54) is 24.4 Å². The van der Waals surface area contributed by atoms with Crippen LogP contribution in [0.3, 0.4) is 0 Å². The molecule has 2 N–H and O–H groups in total. The molecule has 0 spiro atoms. The van der Waals surface area contributed by atoms with E-state index in [0.29, 0.717) is 27.6 Å². The number of anilines is 1. The van der Waals surface area contributed by atoms with Gasteiger partial charge in [-0.1, -0.05) is 39.1 Å². The number of amides is 2. The molecule has 3 aromatic rings. The van der Waals surface area contributed by atoms with Crippen LogP contribution in [0.25, 0.3) is 0 Å². The third-order valence-corrected chi connectivity index (χ3v) is 5.20. The topological polar surface area (TPSA) is 96.9 Å². The van der Waals surface area contributed by atoms with E-state index in [-0.39, 0.29) is 5.02 Å². The van der Waals surface area contributed by atoms with Crippen LogP contribution in [0.5, 0.6) is 5.75 Å². The van der Waals surface area contributed by atoms with E-state index in [0.717, 1.165) is 4.47 Å². The number of rotatable bonds is 5. The van der Waals surface area contributed by atoms with Crippen molar-refractivity contribution in [3.05, 3.63) is 92.4 Å². The van der Waals surface area contributed by atoms with Gasteiger partial charge in [0.05, 0.1) is 21.8 Å². The molecule has 3 aromatic carbocycles. The molecule has 0 radical (unpaired) electrons. The van der Waals surface area contributed by atoms with E-state index in [1.807, 2.05) is 0 Å². The molecule has 0 aliphatic rings.